The van der Waals surface area contributed by atoms with Gasteiger partial charge in [-0.1, -0.05) is 26.2 Å². The van der Waals surface area contributed by atoms with Gasteiger partial charge in [0, 0.05) is 71.5 Å². The van der Waals surface area contributed by atoms with Gasteiger partial charge in [0.15, 0.2) is 5.96 Å². The lowest BCUT2D eigenvalue weighted by Gasteiger charge is -2.48. The van der Waals surface area contributed by atoms with E-state index in [0.717, 1.165) is 51.9 Å². The molecule has 2 aliphatic heterocycles. The van der Waals surface area contributed by atoms with Gasteiger partial charge in [-0.05, 0) is 19.4 Å². The normalized spacial score (nSPS) is 25.6. The topological polar surface area (TPSA) is 55.4 Å². The van der Waals surface area contributed by atoms with E-state index in [9.17, 15) is 0 Å². The number of likely N-dealkylation sites (N-methyl/N-ethyl adjacent to an activating group) is 1. The summed E-state index contributed by atoms with van der Waals surface area (Å²) in [5, 5.41) is 7.20. The Labute approximate surface area is 171 Å². The predicted octanol–water partition coefficient (Wildman–Crippen LogP) is 0.824. The van der Waals surface area contributed by atoms with Gasteiger partial charge < -0.3 is 20.3 Å². The molecule has 2 saturated heterocycles. The molecule has 3 rings (SSSR count). The largest absolute Gasteiger partial charge is 0.379 e. The maximum Gasteiger partial charge on any atom is 0.191 e. The lowest BCUT2D eigenvalue weighted by molar-refractivity contribution is -0.0352. The highest BCUT2D eigenvalue weighted by Crippen LogP contribution is 2.33. The van der Waals surface area contributed by atoms with E-state index < -0.39 is 0 Å². The first-order chi connectivity index (χ1) is 13.8. The second-order valence-electron chi connectivity index (χ2n) is 8.51. The molecular weight excluding hydrogens is 352 g/mol. The number of piperazine rings is 1. The number of ether oxygens (including phenoxy) is 1. The Kier molecular flexibility index (Phi) is 8.83. The highest BCUT2D eigenvalue weighted by Gasteiger charge is 2.38. The van der Waals surface area contributed by atoms with Crippen molar-refractivity contribution < 1.29 is 4.74 Å². The van der Waals surface area contributed by atoms with Crippen LogP contribution in [0.2, 0.25) is 0 Å². The molecule has 2 N–H and O–H groups in total. The molecule has 7 nitrogen and oxygen atoms in total. The molecule has 0 aromatic rings. The Morgan fingerprint density at radius 1 is 0.929 bits per heavy atom. The fourth-order valence-electron chi connectivity index (χ4n) is 4.98. The summed E-state index contributed by atoms with van der Waals surface area (Å²) in [5.74, 6) is 0.949. The van der Waals surface area contributed by atoms with Crippen molar-refractivity contribution in [1.82, 2.24) is 25.3 Å². The molecule has 3 aliphatic rings. The van der Waals surface area contributed by atoms with Gasteiger partial charge in [0.05, 0.1) is 13.2 Å². The van der Waals surface area contributed by atoms with Crippen molar-refractivity contribution in [3.8, 4) is 0 Å². The molecule has 0 amide bonds. The Morgan fingerprint density at radius 3 is 2.25 bits per heavy atom. The summed E-state index contributed by atoms with van der Waals surface area (Å²) in [6, 6.07) is 0. The standard InChI is InChI=1S/C21H42N6O/c1-3-25-11-13-26(14-12-25)10-9-23-20(22-2)24-19-21(7-5-4-6-8-21)27-15-17-28-18-16-27/h3-19H2,1-2H3,(H2,22,23,24). The molecule has 0 bridgehead atoms. The molecule has 2 heterocycles. The third-order valence-electron chi connectivity index (χ3n) is 6.91. The third kappa shape index (κ3) is 6.05. The SMILES string of the molecule is CCN1CCN(CCNC(=NC)NCC2(N3CCOCC3)CCCCC2)CC1. The minimum Gasteiger partial charge on any atom is -0.379 e. The average Bonchev–Trinajstić information content (AvgIpc) is 2.78. The van der Waals surface area contributed by atoms with Crippen LogP contribution in [0.3, 0.4) is 0 Å². The molecule has 0 atom stereocenters. The fourth-order valence-corrected chi connectivity index (χ4v) is 4.98. The second-order valence-corrected chi connectivity index (χ2v) is 8.51. The lowest BCUT2D eigenvalue weighted by atomic mass is 9.80. The van der Waals surface area contributed by atoms with E-state index >= 15 is 0 Å². The molecule has 28 heavy (non-hydrogen) atoms. The van der Waals surface area contributed by atoms with E-state index in [-0.39, 0.29) is 5.54 Å². The molecule has 0 aromatic carbocycles. The monoisotopic (exact) mass is 394 g/mol. The maximum atomic E-state index is 5.60. The number of hydrogen-bond acceptors (Lipinski definition) is 5. The quantitative estimate of drug-likeness (QED) is 0.493. The first kappa shape index (κ1) is 21.8. The van der Waals surface area contributed by atoms with Gasteiger partial charge in [-0.15, -0.1) is 0 Å². The van der Waals surface area contributed by atoms with E-state index in [4.69, 9.17) is 4.74 Å². The summed E-state index contributed by atoms with van der Waals surface area (Å²) in [6.45, 7) is 15.1. The minimum absolute atomic E-state index is 0.274. The van der Waals surface area contributed by atoms with Gasteiger partial charge in [-0.3, -0.25) is 14.8 Å². The summed E-state index contributed by atoms with van der Waals surface area (Å²) in [4.78, 5) is 12.3. The van der Waals surface area contributed by atoms with Crippen LogP contribution in [0, 0.1) is 0 Å². The van der Waals surface area contributed by atoms with Gasteiger partial charge in [0.2, 0.25) is 0 Å². The number of rotatable bonds is 7. The highest BCUT2D eigenvalue weighted by molar-refractivity contribution is 5.79. The molecule has 0 aromatic heterocycles. The third-order valence-corrected chi connectivity index (χ3v) is 6.91. The molecule has 0 radical (unpaired) electrons. The Morgan fingerprint density at radius 2 is 1.61 bits per heavy atom. The van der Waals surface area contributed by atoms with Gasteiger partial charge in [0.1, 0.15) is 0 Å². The van der Waals surface area contributed by atoms with Crippen molar-refractivity contribution >= 4 is 5.96 Å². The van der Waals surface area contributed by atoms with Crippen LogP contribution >= 0.6 is 0 Å². The molecule has 1 aliphatic carbocycles. The zero-order chi connectivity index (χ0) is 19.7. The molecular formula is C21H42N6O. The van der Waals surface area contributed by atoms with E-state index in [1.807, 2.05) is 7.05 Å². The Hall–Kier alpha value is -0.890. The maximum absolute atomic E-state index is 5.60. The summed E-state index contributed by atoms with van der Waals surface area (Å²) in [6.07, 6.45) is 6.64. The fraction of sp³-hybridized carbons (Fsp3) is 0.952. The summed E-state index contributed by atoms with van der Waals surface area (Å²) in [7, 11) is 1.89. The molecule has 1 saturated carbocycles. The average molecular weight is 395 g/mol. The predicted molar refractivity (Wildman–Crippen MR) is 116 cm³/mol. The van der Waals surface area contributed by atoms with Crippen molar-refractivity contribution in [2.24, 2.45) is 4.99 Å². The van der Waals surface area contributed by atoms with E-state index in [1.54, 1.807) is 0 Å². The van der Waals surface area contributed by atoms with Gasteiger partial charge in [-0.2, -0.15) is 0 Å². The van der Waals surface area contributed by atoms with Crippen LogP contribution in [0.4, 0.5) is 0 Å². The van der Waals surface area contributed by atoms with Gasteiger partial charge in [-0.25, -0.2) is 0 Å². The van der Waals surface area contributed by atoms with Crippen LogP contribution in [0.1, 0.15) is 39.0 Å². The van der Waals surface area contributed by atoms with Crippen molar-refractivity contribution in [3.63, 3.8) is 0 Å². The minimum atomic E-state index is 0.274. The van der Waals surface area contributed by atoms with Crippen LogP contribution < -0.4 is 10.6 Å². The number of morpholine rings is 1. The number of nitrogens with one attached hydrogen (secondary N) is 2. The Bertz CT molecular complexity index is 466. The molecule has 0 unspecified atom stereocenters. The number of guanidine groups is 1. The van der Waals surface area contributed by atoms with Crippen LogP contribution in [-0.2, 0) is 4.74 Å². The smallest absolute Gasteiger partial charge is 0.191 e. The highest BCUT2D eigenvalue weighted by atomic mass is 16.5. The summed E-state index contributed by atoms with van der Waals surface area (Å²) >= 11 is 0. The lowest BCUT2D eigenvalue weighted by Crippen LogP contribution is -2.60. The summed E-state index contributed by atoms with van der Waals surface area (Å²) < 4.78 is 5.60. The van der Waals surface area contributed by atoms with Gasteiger partial charge >= 0.3 is 0 Å². The molecule has 162 valence electrons. The van der Waals surface area contributed by atoms with Crippen molar-refractivity contribution in [1.29, 1.82) is 0 Å². The first-order valence-electron chi connectivity index (χ1n) is 11.5. The Balaban J connectivity index is 1.43. The van der Waals surface area contributed by atoms with Crippen molar-refractivity contribution in [2.75, 3.05) is 85.7 Å². The first-order valence-corrected chi connectivity index (χ1v) is 11.5. The van der Waals surface area contributed by atoms with E-state index in [0.29, 0.717) is 0 Å². The van der Waals surface area contributed by atoms with E-state index in [1.165, 1.54) is 64.8 Å². The van der Waals surface area contributed by atoms with Crippen LogP contribution in [0.25, 0.3) is 0 Å². The van der Waals surface area contributed by atoms with Gasteiger partial charge in [0.25, 0.3) is 0 Å². The second kappa shape index (κ2) is 11.3. The van der Waals surface area contributed by atoms with Crippen LogP contribution in [0.15, 0.2) is 4.99 Å². The van der Waals surface area contributed by atoms with Crippen molar-refractivity contribution in [2.45, 2.75) is 44.6 Å². The van der Waals surface area contributed by atoms with Crippen LogP contribution in [0.5, 0.6) is 0 Å². The van der Waals surface area contributed by atoms with E-state index in [2.05, 4.69) is 37.2 Å². The molecule has 0 spiro atoms. The number of hydrogen-bond donors (Lipinski definition) is 2. The zero-order valence-corrected chi connectivity index (χ0v) is 18.2. The number of aliphatic imine (C=N–C) groups is 1. The molecule has 3 fully saturated rings. The summed E-state index contributed by atoms with van der Waals surface area (Å²) in [5.41, 5.74) is 0.274. The van der Waals surface area contributed by atoms with Crippen LogP contribution in [-0.4, -0.2) is 112 Å². The molecule has 7 heteroatoms. The number of nitrogens with zero attached hydrogens (tertiary/aromatic N) is 4. The van der Waals surface area contributed by atoms with Crippen molar-refractivity contribution in [3.05, 3.63) is 0 Å². The zero-order valence-electron chi connectivity index (χ0n) is 18.2.